The summed E-state index contributed by atoms with van der Waals surface area (Å²) in [5.74, 6) is -1.17. The van der Waals surface area contributed by atoms with Crippen LogP contribution in [0, 0.1) is 0 Å². The molecule has 5 nitrogen and oxygen atoms in total. The third-order valence-corrected chi connectivity index (χ3v) is 5.08. The highest BCUT2D eigenvalue weighted by Crippen LogP contribution is 2.33. The van der Waals surface area contributed by atoms with Gasteiger partial charge in [0.15, 0.2) is 14.7 Å². The van der Waals surface area contributed by atoms with E-state index < -0.39 is 23.6 Å². The van der Waals surface area contributed by atoms with Crippen LogP contribution in [0.3, 0.4) is 0 Å². The lowest BCUT2D eigenvalue weighted by Gasteiger charge is -2.18. The zero-order chi connectivity index (χ0) is 15.2. The minimum Gasteiger partial charge on any atom is -0.379 e. The maximum absolute atomic E-state index is 13.2. The lowest BCUT2D eigenvalue weighted by atomic mass is 10.2. The number of halogens is 3. The van der Waals surface area contributed by atoms with Crippen LogP contribution in [0.5, 0.6) is 0 Å². The Balaban J connectivity index is 2.30. The van der Waals surface area contributed by atoms with E-state index in [2.05, 4.69) is 9.97 Å². The first-order valence-electron chi connectivity index (χ1n) is 6.04. The molecule has 0 aromatic carbocycles. The molecule has 1 saturated heterocycles. The second-order valence-electron chi connectivity index (χ2n) is 4.46. The quantitative estimate of drug-likeness (QED) is 0.788. The van der Waals surface area contributed by atoms with Gasteiger partial charge in [0, 0.05) is 6.61 Å². The lowest BCUT2D eigenvalue weighted by molar-refractivity contribution is -0.148. The predicted molar refractivity (Wildman–Crippen MR) is 72.9 cm³/mol. The smallest absolute Gasteiger partial charge is 0.379 e. The Morgan fingerprint density at radius 1 is 1.43 bits per heavy atom. The molecule has 3 rings (SSSR count). The number of thiazole rings is 1. The summed E-state index contributed by atoms with van der Waals surface area (Å²) in [5.41, 5.74) is -0.761. The van der Waals surface area contributed by atoms with Gasteiger partial charge in [-0.3, -0.25) is 9.36 Å². The van der Waals surface area contributed by atoms with Gasteiger partial charge in [-0.25, -0.2) is 9.97 Å². The Morgan fingerprint density at radius 3 is 2.76 bits per heavy atom. The fourth-order valence-corrected chi connectivity index (χ4v) is 3.64. The summed E-state index contributed by atoms with van der Waals surface area (Å²) in [6, 6.07) is -0.648. The van der Waals surface area contributed by atoms with Crippen LogP contribution in [0.4, 0.5) is 13.2 Å². The van der Waals surface area contributed by atoms with E-state index in [1.54, 1.807) is 6.26 Å². The molecular formula is C11H10F3N3O2S2. The fourth-order valence-electron chi connectivity index (χ4n) is 2.22. The third kappa shape index (κ3) is 2.55. The highest BCUT2D eigenvalue weighted by atomic mass is 32.2. The molecule has 1 fully saturated rings. The van der Waals surface area contributed by atoms with Gasteiger partial charge in [-0.1, -0.05) is 23.1 Å². The van der Waals surface area contributed by atoms with Crippen molar-refractivity contribution in [2.75, 3.05) is 19.5 Å². The number of alkyl halides is 3. The Labute approximate surface area is 125 Å². The number of thioether (sulfide) groups is 1. The van der Waals surface area contributed by atoms with Crippen LogP contribution < -0.4 is 5.56 Å². The van der Waals surface area contributed by atoms with Crippen molar-refractivity contribution in [2.24, 2.45) is 0 Å². The Kier molecular flexibility index (Phi) is 3.70. The molecule has 1 aliphatic heterocycles. The average molecular weight is 337 g/mol. The summed E-state index contributed by atoms with van der Waals surface area (Å²) in [5, 5.41) is 0. The van der Waals surface area contributed by atoms with E-state index in [4.69, 9.17) is 4.74 Å². The molecule has 0 bridgehead atoms. The van der Waals surface area contributed by atoms with E-state index in [0.29, 0.717) is 21.9 Å². The Bertz CT molecular complexity index is 735. The fraction of sp³-hybridized carbons (Fsp3) is 0.545. The van der Waals surface area contributed by atoms with Gasteiger partial charge in [-0.05, 0) is 12.7 Å². The van der Waals surface area contributed by atoms with Gasteiger partial charge in [0.2, 0.25) is 5.82 Å². The molecule has 2 aromatic heterocycles. The van der Waals surface area contributed by atoms with Crippen molar-refractivity contribution in [3.05, 3.63) is 16.2 Å². The van der Waals surface area contributed by atoms with Crippen LogP contribution in [0.15, 0.2) is 9.13 Å². The Morgan fingerprint density at radius 2 is 2.19 bits per heavy atom. The average Bonchev–Trinajstić information content (AvgIpc) is 3.05. The van der Waals surface area contributed by atoms with Crippen molar-refractivity contribution < 1.29 is 17.9 Å². The molecule has 0 spiro atoms. The van der Waals surface area contributed by atoms with Gasteiger partial charge >= 0.3 is 6.18 Å². The van der Waals surface area contributed by atoms with Gasteiger partial charge < -0.3 is 4.74 Å². The Hall–Kier alpha value is -1.13. The molecule has 0 radical (unpaired) electrons. The summed E-state index contributed by atoms with van der Waals surface area (Å²) in [6.07, 6.45) is -2.60. The standard InChI is InChI=1S/C11H10F3N3O2S2/c1-20-10-15-6-7(21-10)16-9(11(12,13)14)17(8(6)18)5-2-3-19-4-5/h5H,2-4H2,1H3. The number of ether oxygens (including phenoxy) is 1. The molecule has 0 amide bonds. The summed E-state index contributed by atoms with van der Waals surface area (Å²) >= 11 is 2.26. The van der Waals surface area contributed by atoms with E-state index in [0.717, 1.165) is 11.3 Å². The SMILES string of the molecule is CSc1nc2c(=O)n(C3CCOC3)c(C(F)(F)F)nc2s1. The third-order valence-electron chi connectivity index (χ3n) is 3.15. The maximum atomic E-state index is 13.2. The molecule has 0 N–H and O–H groups in total. The minimum atomic E-state index is -4.69. The molecular weight excluding hydrogens is 327 g/mol. The van der Waals surface area contributed by atoms with Crippen LogP contribution in [0.1, 0.15) is 18.3 Å². The number of fused-ring (bicyclic) bond motifs is 1. The molecule has 114 valence electrons. The molecule has 21 heavy (non-hydrogen) atoms. The van der Waals surface area contributed by atoms with E-state index in [1.165, 1.54) is 11.8 Å². The molecule has 0 aliphatic carbocycles. The van der Waals surface area contributed by atoms with Gasteiger partial charge in [-0.15, -0.1) is 0 Å². The van der Waals surface area contributed by atoms with Gasteiger partial charge in [-0.2, -0.15) is 13.2 Å². The molecule has 0 saturated carbocycles. The van der Waals surface area contributed by atoms with E-state index in [1.807, 2.05) is 0 Å². The highest BCUT2D eigenvalue weighted by Gasteiger charge is 2.40. The number of nitrogens with zero attached hydrogens (tertiary/aromatic N) is 3. The van der Waals surface area contributed by atoms with Crippen LogP contribution in [0.2, 0.25) is 0 Å². The lowest BCUT2D eigenvalue weighted by Crippen LogP contribution is -2.33. The van der Waals surface area contributed by atoms with Crippen LogP contribution in [-0.2, 0) is 10.9 Å². The summed E-state index contributed by atoms with van der Waals surface area (Å²) in [7, 11) is 0. The van der Waals surface area contributed by atoms with E-state index in [-0.39, 0.29) is 17.0 Å². The first-order valence-corrected chi connectivity index (χ1v) is 8.08. The van der Waals surface area contributed by atoms with Gasteiger partial charge in [0.05, 0.1) is 12.6 Å². The van der Waals surface area contributed by atoms with Crippen molar-refractivity contribution in [2.45, 2.75) is 23.0 Å². The summed E-state index contributed by atoms with van der Waals surface area (Å²) in [4.78, 5) is 20.1. The van der Waals surface area contributed by atoms with Crippen LogP contribution in [0.25, 0.3) is 10.3 Å². The number of aromatic nitrogens is 3. The molecule has 3 heterocycles. The van der Waals surface area contributed by atoms with Crippen molar-refractivity contribution >= 4 is 33.4 Å². The topological polar surface area (TPSA) is 57.0 Å². The molecule has 1 unspecified atom stereocenters. The van der Waals surface area contributed by atoms with Crippen molar-refractivity contribution in [3.63, 3.8) is 0 Å². The van der Waals surface area contributed by atoms with E-state index in [9.17, 15) is 18.0 Å². The number of hydrogen-bond acceptors (Lipinski definition) is 6. The van der Waals surface area contributed by atoms with Crippen LogP contribution in [-0.4, -0.2) is 34.0 Å². The van der Waals surface area contributed by atoms with Gasteiger partial charge in [0.1, 0.15) is 0 Å². The van der Waals surface area contributed by atoms with Crippen molar-refractivity contribution in [3.8, 4) is 0 Å². The van der Waals surface area contributed by atoms with Crippen LogP contribution >= 0.6 is 23.1 Å². The van der Waals surface area contributed by atoms with Gasteiger partial charge in [0.25, 0.3) is 5.56 Å². The summed E-state index contributed by atoms with van der Waals surface area (Å²) < 4.78 is 45.9. The van der Waals surface area contributed by atoms with E-state index >= 15 is 0 Å². The zero-order valence-corrected chi connectivity index (χ0v) is 12.4. The highest BCUT2D eigenvalue weighted by molar-refractivity contribution is 8.00. The first-order chi connectivity index (χ1) is 9.91. The molecule has 1 aliphatic rings. The molecule has 2 aromatic rings. The molecule has 1 atom stereocenters. The molecule has 10 heteroatoms. The number of hydrogen-bond donors (Lipinski definition) is 0. The van der Waals surface area contributed by atoms with Crippen molar-refractivity contribution in [1.29, 1.82) is 0 Å². The predicted octanol–water partition coefficient (Wildman–Crippen LogP) is 2.56. The zero-order valence-electron chi connectivity index (χ0n) is 10.8. The normalized spacial score (nSPS) is 19.5. The maximum Gasteiger partial charge on any atom is 0.449 e. The monoisotopic (exact) mass is 337 g/mol. The largest absolute Gasteiger partial charge is 0.449 e. The first kappa shape index (κ1) is 14.8. The minimum absolute atomic E-state index is 0.00995. The number of rotatable bonds is 2. The van der Waals surface area contributed by atoms with Crippen molar-refractivity contribution in [1.82, 2.24) is 14.5 Å². The second-order valence-corrected chi connectivity index (χ2v) is 6.49. The second kappa shape index (κ2) is 5.25. The summed E-state index contributed by atoms with van der Waals surface area (Å²) in [6.45, 7) is 0.412.